The van der Waals surface area contributed by atoms with Crippen LogP contribution >= 0.6 is 17.2 Å². The first kappa shape index (κ1) is 17.1. The monoisotopic (exact) mass is 362 g/mol. The molecular formula is C19H15F3P2. The highest BCUT2D eigenvalue weighted by Crippen LogP contribution is 2.31. The van der Waals surface area contributed by atoms with E-state index in [1.54, 1.807) is 37.3 Å². The van der Waals surface area contributed by atoms with Gasteiger partial charge in [0.2, 0.25) is 0 Å². The van der Waals surface area contributed by atoms with Gasteiger partial charge in [0.1, 0.15) is 17.5 Å². The van der Waals surface area contributed by atoms with Gasteiger partial charge in [0.15, 0.2) is 0 Å². The fraction of sp³-hybridized carbons (Fsp3) is 0.0526. The molecule has 0 N–H and O–H groups in total. The van der Waals surface area contributed by atoms with E-state index < -0.39 is 11.6 Å². The molecule has 3 rings (SSSR count). The molecule has 122 valence electrons. The van der Waals surface area contributed by atoms with Crippen molar-refractivity contribution in [2.45, 2.75) is 6.92 Å². The summed E-state index contributed by atoms with van der Waals surface area (Å²) in [5.74, 6) is -1.32. The predicted molar refractivity (Wildman–Crippen MR) is 99.6 cm³/mol. The number of hydrogen-bond acceptors (Lipinski definition) is 0. The molecule has 0 spiro atoms. The summed E-state index contributed by atoms with van der Waals surface area (Å²) >= 11 is 0. The maximum absolute atomic E-state index is 14.5. The molecule has 2 atom stereocenters. The fourth-order valence-corrected chi connectivity index (χ4v) is 3.44. The molecule has 0 bridgehead atoms. The average Bonchev–Trinajstić information content (AvgIpc) is 2.57. The smallest absolute Gasteiger partial charge is 0.131 e. The highest BCUT2D eigenvalue weighted by molar-refractivity contribution is 8.06. The molecule has 0 aliphatic carbocycles. The second kappa shape index (κ2) is 7.05. The molecular weight excluding hydrogens is 347 g/mol. The van der Waals surface area contributed by atoms with Crippen LogP contribution in [0.3, 0.4) is 0 Å². The van der Waals surface area contributed by atoms with Crippen LogP contribution in [0.25, 0.3) is 22.3 Å². The lowest BCUT2D eigenvalue weighted by atomic mass is 9.98. The van der Waals surface area contributed by atoms with E-state index in [2.05, 4.69) is 8.93 Å². The van der Waals surface area contributed by atoms with Gasteiger partial charge in [-0.15, -0.1) is 8.93 Å². The Labute approximate surface area is 143 Å². The zero-order valence-corrected chi connectivity index (χ0v) is 15.1. The van der Waals surface area contributed by atoms with Crippen LogP contribution in [0, 0.1) is 24.4 Å². The highest BCUT2D eigenvalue weighted by Gasteiger charge is 2.12. The Kier molecular flexibility index (Phi) is 5.04. The average molecular weight is 362 g/mol. The molecule has 0 aromatic heterocycles. The molecule has 0 saturated carbocycles. The normalized spacial score (nSPS) is 11.4. The van der Waals surface area contributed by atoms with Gasteiger partial charge in [-0.25, -0.2) is 13.2 Å². The van der Waals surface area contributed by atoms with E-state index in [1.165, 1.54) is 24.3 Å². The van der Waals surface area contributed by atoms with E-state index in [-0.39, 0.29) is 16.9 Å². The van der Waals surface area contributed by atoms with Crippen LogP contribution < -0.4 is 5.30 Å². The second-order valence-electron chi connectivity index (χ2n) is 5.50. The van der Waals surface area contributed by atoms with E-state index in [0.29, 0.717) is 25.0 Å². The van der Waals surface area contributed by atoms with Crippen LogP contribution in [-0.2, 0) is 0 Å². The van der Waals surface area contributed by atoms with Crippen molar-refractivity contribution in [1.29, 1.82) is 0 Å². The van der Waals surface area contributed by atoms with E-state index in [4.69, 9.17) is 0 Å². The third-order valence-electron chi connectivity index (χ3n) is 3.90. The lowest BCUT2D eigenvalue weighted by molar-refractivity contribution is 0.616. The lowest BCUT2D eigenvalue weighted by Crippen LogP contribution is -1.97. The highest BCUT2D eigenvalue weighted by atomic mass is 32.0. The quantitative estimate of drug-likeness (QED) is 0.514. The van der Waals surface area contributed by atoms with Crippen LogP contribution in [0.4, 0.5) is 13.2 Å². The molecule has 5 heteroatoms. The van der Waals surface area contributed by atoms with Crippen molar-refractivity contribution in [3.63, 3.8) is 0 Å². The molecule has 0 aliphatic heterocycles. The van der Waals surface area contributed by atoms with Gasteiger partial charge in [-0.05, 0) is 47.1 Å². The Bertz CT molecular complexity index is 907. The number of aryl methyl sites for hydroxylation is 1. The van der Waals surface area contributed by atoms with Crippen LogP contribution in [0.5, 0.6) is 0 Å². The zero-order chi connectivity index (χ0) is 17.3. The molecule has 0 heterocycles. The SMILES string of the molecule is Cc1ccc(-c2ccc(-c3ccc(PP)cc3F)c(F)c2)cc1F. The first-order chi connectivity index (χ1) is 11.5. The molecule has 0 nitrogen and oxygen atoms in total. The molecule has 0 fully saturated rings. The van der Waals surface area contributed by atoms with Crippen molar-refractivity contribution in [1.82, 2.24) is 0 Å². The van der Waals surface area contributed by atoms with Crippen molar-refractivity contribution >= 4 is 22.5 Å². The number of halogens is 3. The van der Waals surface area contributed by atoms with Crippen LogP contribution in [0.15, 0.2) is 54.6 Å². The molecule has 0 radical (unpaired) electrons. The topological polar surface area (TPSA) is 0 Å². The zero-order valence-electron chi connectivity index (χ0n) is 12.9. The van der Waals surface area contributed by atoms with Gasteiger partial charge < -0.3 is 0 Å². The first-order valence-corrected chi connectivity index (χ1v) is 10.1. The summed E-state index contributed by atoms with van der Waals surface area (Å²) in [6.07, 6.45) is 0. The molecule has 24 heavy (non-hydrogen) atoms. The molecule has 3 aromatic carbocycles. The summed E-state index contributed by atoms with van der Waals surface area (Å²) in [6.45, 7) is 1.67. The molecule has 0 saturated heterocycles. The van der Waals surface area contributed by atoms with Gasteiger partial charge in [-0.3, -0.25) is 0 Å². The first-order valence-electron chi connectivity index (χ1n) is 7.32. The Morgan fingerprint density at radius 2 is 1.25 bits per heavy atom. The second-order valence-corrected chi connectivity index (χ2v) is 7.23. The molecule has 0 aliphatic rings. The van der Waals surface area contributed by atoms with Crippen molar-refractivity contribution < 1.29 is 13.2 Å². The third kappa shape index (κ3) is 3.38. The van der Waals surface area contributed by atoms with Gasteiger partial charge in [0.05, 0.1) is 0 Å². The summed E-state index contributed by atoms with van der Waals surface area (Å²) < 4.78 is 42.4. The summed E-state index contributed by atoms with van der Waals surface area (Å²) in [5.41, 5.74) is 2.10. The minimum absolute atomic E-state index is 0.197. The predicted octanol–water partition coefficient (Wildman–Crippen LogP) is 5.84. The molecule has 2 unspecified atom stereocenters. The van der Waals surface area contributed by atoms with Gasteiger partial charge in [-0.1, -0.05) is 44.7 Å². The third-order valence-corrected chi connectivity index (χ3v) is 5.54. The maximum Gasteiger partial charge on any atom is 0.131 e. The van der Waals surface area contributed by atoms with E-state index in [9.17, 15) is 13.2 Å². The largest absolute Gasteiger partial charge is 0.207 e. The van der Waals surface area contributed by atoms with Crippen molar-refractivity contribution in [2.75, 3.05) is 0 Å². The molecule has 0 amide bonds. The Hall–Kier alpha value is -1.69. The fourth-order valence-electron chi connectivity index (χ4n) is 2.51. The summed E-state index contributed by atoms with van der Waals surface area (Å²) in [5, 5.41) is 0.855. The number of hydrogen-bond donors (Lipinski definition) is 0. The maximum atomic E-state index is 14.5. The minimum Gasteiger partial charge on any atom is -0.207 e. The van der Waals surface area contributed by atoms with Crippen molar-refractivity contribution in [3.8, 4) is 22.3 Å². The minimum atomic E-state index is -0.534. The number of benzene rings is 3. The standard InChI is InChI=1S/C19H15F3P2/c1-11-2-3-12(8-17(11)20)13-4-6-15(18(21)9-13)16-7-5-14(24-23)10-19(16)22/h2-10,24H,23H2,1H3. The Morgan fingerprint density at radius 3 is 1.79 bits per heavy atom. The molecule has 3 aromatic rings. The van der Waals surface area contributed by atoms with Crippen molar-refractivity contribution in [2.24, 2.45) is 0 Å². The van der Waals surface area contributed by atoms with Crippen molar-refractivity contribution in [3.05, 3.63) is 77.6 Å². The Balaban J connectivity index is 2.02. The lowest BCUT2D eigenvalue weighted by Gasteiger charge is -2.09. The van der Waals surface area contributed by atoms with Gasteiger partial charge in [0, 0.05) is 11.1 Å². The van der Waals surface area contributed by atoms with Gasteiger partial charge in [-0.2, -0.15) is 0 Å². The summed E-state index contributed by atoms with van der Waals surface area (Å²) in [4.78, 5) is 0. The van der Waals surface area contributed by atoms with E-state index in [0.717, 1.165) is 5.30 Å². The Morgan fingerprint density at radius 1 is 0.708 bits per heavy atom. The van der Waals surface area contributed by atoms with Crippen LogP contribution in [0.2, 0.25) is 0 Å². The van der Waals surface area contributed by atoms with E-state index in [1.807, 2.05) is 0 Å². The summed E-state index contributed by atoms with van der Waals surface area (Å²) in [6, 6.07) is 14.1. The van der Waals surface area contributed by atoms with Crippen LogP contribution in [-0.4, -0.2) is 0 Å². The number of rotatable bonds is 3. The van der Waals surface area contributed by atoms with Crippen LogP contribution in [0.1, 0.15) is 5.56 Å². The van der Waals surface area contributed by atoms with Gasteiger partial charge in [0.25, 0.3) is 0 Å². The van der Waals surface area contributed by atoms with Gasteiger partial charge >= 0.3 is 0 Å². The summed E-state index contributed by atoms with van der Waals surface area (Å²) in [7, 11) is 2.95. The van der Waals surface area contributed by atoms with E-state index >= 15 is 0 Å².